The molecule has 1 rings (SSSR count). The van der Waals surface area contributed by atoms with Gasteiger partial charge in [0.05, 0.1) is 11.4 Å². The molecule has 6 heteroatoms. The van der Waals surface area contributed by atoms with Crippen LogP contribution in [0, 0.1) is 11.6 Å². The lowest BCUT2D eigenvalue weighted by molar-refractivity contribution is -0.124. The van der Waals surface area contributed by atoms with E-state index < -0.39 is 22.6 Å². The Kier molecular flexibility index (Phi) is 3.95. The minimum Gasteiger partial charge on any atom is -0.326 e. The van der Waals surface area contributed by atoms with E-state index in [9.17, 15) is 18.4 Å². The van der Waals surface area contributed by atoms with E-state index in [4.69, 9.17) is 11.6 Å². The van der Waals surface area contributed by atoms with Gasteiger partial charge in [-0.3, -0.25) is 9.59 Å². The molecular formula is C10H8ClF2NO2. The maximum absolute atomic E-state index is 12.9. The third kappa shape index (κ3) is 3.27. The van der Waals surface area contributed by atoms with Crippen LogP contribution in [-0.2, 0) is 9.59 Å². The molecule has 1 amide bonds. The average molecular weight is 248 g/mol. The van der Waals surface area contributed by atoms with Crippen LogP contribution in [-0.4, -0.2) is 11.7 Å². The van der Waals surface area contributed by atoms with E-state index in [0.29, 0.717) is 0 Å². The van der Waals surface area contributed by atoms with Gasteiger partial charge in [-0.15, -0.1) is 0 Å². The summed E-state index contributed by atoms with van der Waals surface area (Å²) in [5.41, 5.74) is 0.00940. The summed E-state index contributed by atoms with van der Waals surface area (Å²) in [6.07, 6.45) is -0.323. The molecule has 0 aliphatic heterocycles. The molecule has 3 nitrogen and oxygen atoms in total. The Morgan fingerprint density at radius 1 is 1.38 bits per heavy atom. The fourth-order valence-electron chi connectivity index (χ4n) is 1.06. The second-order valence-electron chi connectivity index (χ2n) is 3.18. The predicted octanol–water partition coefficient (Wildman–Crippen LogP) is 2.54. The van der Waals surface area contributed by atoms with Gasteiger partial charge in [0, 0.05) is 11.8 Å². The van der Waals surface area contributed by atoms with Gasteiger partial charge in [0.15, 0.2) is 11.6 Å². The van der Waals surface area contributed by atoms with Crippen LogP contribution in [0.4, 0.5) is 14.5 Å². The first-order valence-electron chi connectivity index (χ1n) is 4.34. The molecule has 0 bridgehead atoms. The zero-order valence-corrected chi connectivity index (χ0v) is 9.07. The molecule has 16 heavy (non-hydrogen) atoms. The van der Waals surface area contributed by atoms with E-state index in [1.165, 1.54) is 6.92 Å². The summed E-state index contributed by atoms with van der Waals surface area (Å²) in [5.74, 6) is -3.27. The molecular weight excluding hydrogens is 240 g/mol. The number of hydrogen-bond acceptors (Lipinski definition) is 2. The first kappa shape index (κ1) is 12.6. The van der Waals surface area contributed by atoms with Gasteiger partial charge >= 0.3 is 0 Å². The lowest BCUT2D eigenvalue weighted by atomic mass is 10.2. The lowest BCUT2D eigenvalue weighted by Gasteiger charge is -2.05. The fraction of sp³-hybridized carbons (Fsp3) is 0.200. The van der Waals surface area contributed by atoms with Crippen molar-refractivity contribution in [3.8, 4) is 0 Å². The second kappa shape index (κ2) is 5.03. The number of amides is 1. The van der Waals surface area contributed by atoms with Gasteiger partial charge in [-0.2, -0.15) is 0 Å². The molecule has 0 unspecified atom stereocenters. The number of rotatable bonds is 3. The number of ketones is 1. The Bertz CT molecular complexity index is 425. The van der Waals surface area contributed by atoms with Crippen LogP contribution >= 0.6 is 11.6 Å². The molecule has 0 aliphatic carbocycles. The maximum atomic E-state index is 12.9. The topological polar surface area (TPSA) is 46.2 Å². The molecule has 1 aromatic carbocycles. The van der Waals surface area contributed by atoms with Gasteiger partial charge in [0.2, 0.25) is 5.91 Å². The van der Waals surface area contributed by atoms with Gasteiger partial charge in [0.1, 0.15) is 5.78 Å². The van der Waals surface area contributed by atoms with Crippen molar-refractivity contribution in [3.63, 3.8) is 0 Å². The van der Waals surface area contributed by atoms with Crippen LogP contribution in [0.25, 0.3) is 0 Å². The van der Waals surface area contributed by atoms with Gasteiger partial charge in [-0.1, -0.05) is 11.6 Å². The minimum atomic E-state index is -1.17. The molecule has 0 radical (unpaired) electrons. The first-order valence-corrected chi connectivity index (χ1v) is 4.71. The van der Waals surface area contributed by atoms with Crippen molar-refractivity contribution in [2.24, 2.45) is 0 Å². The molecule has 0 aromatic heterocycles. The number of hydrogen-bond donors (Lipinski definition) is 1. The Morgan fingerprint density at radius 3 is 2.50 bits per heavy atom. The average Bonchev–Trinajstić information content (AvgIpc) is 2.12. The van der Waals surface area contributed by atoms with Gasteiger partial charge in [-0.05, 0) is 13.0 Å². The molecule has 1 N–H and O–H groups in total. The normalized spacial score (nSPS) is 10.0. The van der Waals surface area contributed by atoms with Crippen LogP contribution in [0.1, 0.15) is 13.3 Å². The van der Waals surface area contributed by atoms with Crippen LogP contribution in [0.15, 0.2) is 12.1 Å². The van der Waals surface area contributed by atoms with Crippen LogP contribution in [0.2, 0.25) is 5.02 Å². The van der Waals surface area contributed by atoms with Crippen molar-refractivity contribution in [1.82, 2.24) is 0 Å². The fourth-order valence-corrected chi connectivity index (χ4v) is 1.27. The molecule has 1 aromatic rings. The SMILES string of the molecule is CC(=O)CC(=O)Nc1cc(F)c(F)c(Cl)c1. The van der Waals surface area contributed by atoms with Gasteiger partial charge < -0.3 is 5.32 Å². The first-order chi connectivity index (χ1) is 7.40. The van der Waals surface area contributed by atoms with Crippen molar-refractivity contribution in [3.05, 3.63) is 28.8 Å². The zero-order valence-electron chi connectivity index (χ0n) is 8.31. The summed E-state index contributed by atoms with van der Waals surface area (Å²) < 4.78 is 25.7. The number of nitrogens with one attached hydrogen (secondary N) is 1. The van der Waals surface area contributed by atoms with E-state index in [2.05, 4.69) is 5.32 Å². The molecule has 0 fully saturated rings. The van der Waals surface area contributed by atoms with Crippen LogP contribution in [0.3, 0.4) is 0 Å². The third-order valence-corrected chi connectivity index (χ3v) is 1.95. The number of carbonyl (C=O) groups excluding carboxylic acids is 2. The molecule has 0 aliphatic rings. The highest BCUT2D eigenvalue weighted by Crippen LogP contribution is 2.22. The summed E-state index contributed by atoms with van der Waals surface area (Å²) in [6.45, 7) is 1.25. The Morgan fingerprint density at radius 2 is 2.00 bits per heavy atom. The van der Waals surface area contributed by atoms with E-state index >= 15 is 0 Å². The highest BCUT2D eigenvalue weighted by Gasteiger charge is 2.11. The summed E-state index contributed by atoms with van der Waals surface area (Å²) in [7, 11) is 0. The number of halogens is 3. The Balaban J connectivity index is 2.82. The van der Waals surface area contributed by atoms with Crippen molar-refractivity contribution in [2.75, 3.05) is 5.32 Å². The second-order valence-corrected chi connectivity index (χ2v) is 3.59. The Labute approximate surface area is 95.4 Å². The van der Waals surface area contributed by atoms with Crippen molar-refractivity contribution >= 4 is 29.0 Å². The number of carbonyl (C=O) groups is 2. The largest absolute Gasteiger partial charge is 0.326 e. The summed E-state index contributed by atoms with van der Waals surface area (Å²) in [4.78, 5) is 21.8. The number of anilines is 1. The van der Waals surface area contributed by atoms with Gasteiger partial charge in [-0.25, -0.2) is 8.78 Å². The monoisotopic (exact) mass is 247 g/mol. The lowest BCUT2D eigenvalue weighted by Crippen LogP contribution is -2.15. The number of benzene rings is 1. The molecule has 0 spiro atoms. The standard InChI is InChI=1S/C10H8ClF2NO2/c1-5(15)2-9(16)14-6-3-7(11)10(13)8(12)4-6/h3-4H,2H2,1H3,(H,14,16). The summed E-state index contributed by atoms with van der Waals surface area (Å²) in [6, 6.07) is 1.86. The van der Waals surface area contributed by atoms with Crippen LogP contribution < -0.4 is 5.32 Å². The molecule has 86 valence electrons. The smallest absolute Gasteiger partial charge is 0.231 e. The van der Waals surface area contributed by atoms with Crippen LogP contribution in [0.5, 0.6) is 0 Å². The van der Waals surface area contributed by atoms with E-state index in [0.717, 1.165) is 12.1 Å². The van der Waals surface area contributed by atoms with E-state index in [1.807, 2.05) is 0 Å². The zero-order chi connectivity index (χ0) is 12.3. The highest BCUT2D eigenvalue weighted by atomic mass is 35.5. The molecule has 0 saturated heterocycles. The molecule has 0 saturated carbocycles. The van der Waals surface area contributed by atoms with Gasteiger partial charge in [0.25, 0.3) is 0 Å². The summed E-state index contributed by atoms with van der Waals surface area (Å²) >= 11 is 5.38. The highest BCUT2D eigenvalue weighted by molar-refractivity contribution is 6.31. The Hall–Kier alpha value is -1.49. The number of Topliss-reactive ketones (excluding diaryl/α,β-unsaturated/α-hetero) is 1. The minimum absolute atomic E-state index is 0.00940. The summed E-state index contributed by atoms with van der Waals surface area (Å²) in [5, 5.41) is 1.80. The molecule has 0 heterocycles. The maximum Gasteiger partial charge on any atom is 0.231 e. The molecule has 0 atom stereocenters. The van der Waals surface area contributed by atoms with Crippen molar-refractivity contribution in [2.45, 2.75) is 13.3 Å². The van der Waals surface area contributed by atoms with Crippen molar-refractivity contribution in [1.29, 1.82) is 0 Å². The van der Waals surface area contributed by atoms with E-state index in [1.54, 1.807) is 0 Å². The van der Waals surface area contributed by atoms with Crippen molar-refractivity contribution < 1.29 is 18.4 Å². The van der Waals surface area contributed by atoms with E-state index in [-0.39, 0.29) is 17.9 Å². The quantitative estimate of drug-likeness (QED) is 0.659. The third-order valence-electron chi connectivity index (χ3n) is 1.68. The predicted molar refractivity (Wildman–Crippen MR) is 55.3 cm³/mol.